The van der Waals surface area contributed by atoms with Gasteiger partial charge in [0.1, 0.15) is 11.3 Å². The number of benzene rings is 1. The molecule has 4 aromatic rings. The molecule has 8 heteroatoms. The van der Waals surface area contributed by atoms with Gasteiger partial charge in [-0.2, -0.15) is 0 Å². The molecule has 0 aliphatic carbocycles. The van der Waals surface area contributed by atoms with Gasteiger partial charge in [-0.05, 0) is 51.8 Å². The predicted octanol–water partition coefficient (Wildman–Crippen LogP) is 4.69. The number of H-pyrrole nitrogens is 1. The van der Waals surface area contributed by atoms with E-state index in [1.165, 1.54) is 0 Å². The molecule has 32 heavy (non-hydrogen) atoms. The zero-order valence-electron chi connectivity index (χ0n) is 18.6. The van der Waals surface area contributed by atoms with Crippen molar-refractivity contribution < 1.29 is 9.53 Å². The van der Waals surface area contributed by atoms with Crippen LogP contribution in [0.15, 0.2) is 48.8 Å². The first-order chi connectivity index (χ1) is 15.4. The molecule has 0 spiro atoms. The van der Waals surface area contributed by atoms with E-state index in [0.29, 0.717) is 19.0 Å². The zero-order valence-corrected chi connectivity index (χ0v) is 18.6. The number of nitrogens with zero attached hydrogens (tertiary/aromatic N) is 4. The van der Waals surface area contributed by atoms with Crippen LogP contribution in [-0.2, 0) is 4.74 Å². The number of rotatable bonds is 3. The van der Waals surface area contributed by atoms with Crippen LogP contribution in [0, 0.1) is 0 Å². The first kappa shape index (κ1) is 20.4. The monoisotopic (exact) mass is 432 g/mol. The maximum atomic E-state index is 12.5. The first-order valence-corrected chi connectivity index (χ1v) is 11.0. The van der Waals surface area contributed by atoms with Crippen molar-refractivity contribution >= 4 is 28.5 Å². The summed E-state index contributed by atoms with van der Waals surface area (Å²) in [5.41, 5.74) is 3.41. The van der Waals surface area contributed by atoms with Gasteiger partial charge in [0, 0.05) is 48.0 Å². The van der Waals surface area contributed by atoms with Gasteiger partial charge >= 0.3 is 6.09 Å². The van der Waals surface area contributed by atoms with Gasteiger partial charge in [0.15, 0.2) is 0 Å². The number of nitrogens with one attached hydrogen (secondary N) is 2. The van der Waals surface area contributed by atoms with Gasteiger partial charge in [0.05, 0.1) is 5.52 Å². The Bertz CT molecular complexity index is 1270. The maximum absolute atomic E-state index is 12.5. The van der Waals surface area contributed by atoms with E-state index < -0.39 is 5.60 Å². The van der Waals surface area contributed by atoms with E-state index in [1.807, 2.05) is 61.9 Å². The summed E-state index contributed by atoms with van der Waals surface area (Å²) in [4.78, 5) is 22.5. The van der Waals surface area contributed by atoms with Crippen molar-refractivity contribution in [2.45, 2.75) is 45.3 Å². The Morgan fingerprint density at radius 1 is 1.22 bits per heavy atom. The van der Waals surface area contributed by atoms with Crippen LogP contribution in [-0.4, -0.2) is 55.3 Å². The minimum absolute atomic E-state index is 0.0556. The molecule has 3 aromatic heterocycles. The van der Waals surface area contributed by atoms with Crippen molar-refractivity contribution in [1.29, 1.82) is 0 Å². The smallest absolute Gasteiger partial charge is 0.410 e. The average molecular weight is 433 g/mol. The molecule has 1 aliphatic rings. The van der Waals surface area contributed by atoms with E-state index in [4.69, 9.17) is 9.72 Å². The van der Waals surface area contributed by atoms with Crippen LogP contribution in [0.25, 0.3) is 27.7 Å². The van der Waals surface area contributed by atoms with Gasteiger partial charge < -0.3 is 19.9 Å². The number of aromatic amines is 1. The molecule has 4 heterocycles. The van der Waals surface area contributed by atoms with Crippen LogP contribution in [0.1, 0.15) is 33.6 Å². The minimum Gasteiger partial charge on any atom is -0.444 e. The second kappa shape index (κ2) is 7.85. The van der Waals surface area contributed by atoms with E-state index >= 15 is 0 Å². The number of amides is 1. The Morgan fingerprint density at radius 3 is 2.91 bits per heavy atom. The second-order valence-electron chi connectivity index (χ2n) is 9.28. The molecule has 0 bridgehead atoms. The number of fused-ring (bicyclic) bond motifs is 2. The van der Waals surface area contributed by atoms with Crippen molar-refractivity contribution in [2.24, 2.45) is 0 Å². The Morgan fingerprint density at radius 2 is 2.06 bits per heavy atom. The highest BCUT2D eigenvalue weighted by Crippen LogP contribution is 2.31. The van der Waals surface area contributed by atoms with E-state index in [1.54, 1.807) is 4.90 Å². The number of anilines is 1. The lowest BCUT2D eigenvalue weighted by molar-refractivity contribution is 0.0206. The van der Waals surface area contributed by atoms with Crippen molar-refractivity contribution in [1.82, 2.24) is 24.5 Å². The molecule has 5 rings (SSSR count). The van der Waals surface area contributed by atoms with Crippen molar-refractivity contribution in [2.75, 3.05) is 18.4 Å². The Kier molecular flexibility index (Phi) is 5.00. The molecule has 8 nitrogen and oxygen atoms in total. The molecule has 1 amide bonds. The SMILES string of the molecule is CC(C)(C)OC(=O)N1CCC[C@@H](Nc2nc(-c3c[nH]c4ccccc34)c3cccn3n2)C1. The highest BCUT2D eigenvalue weighted by Gasteiger charge is 2.28. The molecular weight excluding hydrogens is 404 g/mol. The lowest BCUT2D eigenvalue weighted by atomic mass is 10.1. The quantitative estimate of drug-likeness (QED) is 0.490. The highest BCUT2D eigenvalue weighted by atomic mass is 16.6. The number of carbonyl (C=O) groups is 1. The number of piperidine rings is 1. The lowest BCUT2D eigenvalue weighted by Crippen LogP contribution is -2.47. The van der Waals surface area contributed by atoms with Crippen LogP contribution in [0.4, 0.5) is 10.7 Å². The standard InChI is InChI=1S/C24H28N6O2/c1-24(2,3)32-23(31)29-12-6-8-16(15-29)26-22-27-21(20-11-7-13-30(20)28-22)18-14-25-19-10-5-4-9-17(18)19/h4-5,7,9-11,13-14,16,25H,6,8,12,15H2,1-3H3,(H,26,28)/t16-/m1/s1. The largest absolute Gasteiger partial charge is 0.444 e. The van der Waals surface area contributed by atoms with Gasteiger partial charge in [0.2, 0.25) is 5.95 Å². The van der Waals surface area contributed by atoms with E-state index in [9.17, 15) is 4.79 Å². The molecule has 1 aromatic carbocycles. The lowest BCUT2D eigenvalue weighted by Gasteiger charge is -2.34. The molecule has 2 N–H and O–H groups in total. The molecule has 0 saturated carbocycles. The van der Waals surface area contributed by atoms with Crippen LogP contribution in [0.5, 0.6) is 0 Å². The molecule has 1 aliphatic heterocycles. The van der Waals surface area contributed by atoms with E-state index in [0.717, 1.165) is 40.5 Å². The fourth-order valence-corrected chi connectivity index (χ4v) is 4.23. The third-order valence-electron chi connectivity index (χ3n) is 5.64. The van der Waals surface area contributed by atoms with Crippen LogP contribution in [0.3, 0.4) is 0 Å². The number of hydrogen-bond donors (Lipinski definition) is 2. The summed E-state index contributed by atoms with van der Waals surface area (Å²) in [5, 5.41) is 9.24. The van der Waals surface area contributed by atoms with Gasteiger partial charge in [-0.25, -0.2) is 14.3 Å². The Balaban J connectivity index is 1.42. The summed E-state index contributed by atoms with van der Waals surface area (Å²) in [6, 6.07) is 12.2. The topological polar surface area (TPSA) is 87.5 Å². The summed E-state index contributed by atoms with van der Waals surface area (Å²) >= 11 is 0. The average Bonchev–Trinajstić information content (AvgIpc) is 3.39. The van der Waals surface area contributed by atoms with E-state index in [-0.39, 0.29) is 12.1 Å². The van der Waals surface area contributed by atoms with Crippen molar-refractivity contribution in [3.8, 4) is 11.3 Å². The summed E-state index contributed by atoms with van der Waals surface area (Å²) in [7, 11) is 0. The van der Waals surface area contributed by atoms with Gasteiger partial charge in [-0.1, -0.05) is 18.2 Å². The summed E-state index contributed by atoms with van der Waals surface area (Å²) in [5.74, 6) is 0.546. The van der Waals surface area contributed by atoms with Gasteiger partial charge in [-0.15, -0.1) is 5.10 Å². The van der Waals surface area contributed by atoms with Crippen LogP contribution >= 0.6 is 0 Å². The summed E-state index contributed by atoms with van der Waals surface area (Å²) < 4.78 is 7.40. The molecule has 0 radical (unpaired) electrons. The summed E-state index contributed by atoms with van der Waals surface area (Å²) in [6.45, 7) is 6.92. The van der Waals surface area contributed by atoms with Gasteiger partial charge in [-0.3, -0.25) is 0 Å². The third kappa shape index (κ3) is 4.00. The van der Waals surface area contributed by atoms with Gasteiger partial charge in [0.25, 0.3) is 0 Å². The number of carbonyl (C=O) groups excluding carboxylic acids is 1. The normalized spacial score (nSPS) is 17.1. The highest BCUT2D eigenvalue weighted by molar-refractivity contribution is 5.98. The van der Waals surface area contributed by atoms with Crippen LogP contribution in [0.2, 0.25) is 0 Å². The molecule has 1 saturated heterocycles. The third-order valence-corrected chi connectivity index (χ3v) is 5.64. The first-order valence-electron chi connectivity index (χ1n) is 11.0. The van der Waals surface area contributed by atoms with E-state index in [2.05, 4.69) is 27.5 Å². The summed E-state index contributed by atoms with van der Waals surface area (Å²) in [6.07, 6.45) is 5.49. The Hall–Kier alpha value is -3.55. The van der Waals surface area contributed by atoms with Crippen LogP contribution < -0.4 is 5.32 Å². The fraction of sp³-hybridized carbons (Fsp3) is 0.375. The Labute approximate surface area is 186 Å². The predicted molar refractivity (Wildman–Crippen MR) is 125 cm³/mol. The zero-order chi connectivity index (χ0) is 22.3. The number of likely N-dealkylation sites (tertiary alicyclic amines) is 1. The molecular formula is C24H28N6O2. The molecule has 1 atom stereocenters. The number of aromatic nitrogens is 4. The van der Waals surface area contributed by atoms with Crippen molar-refractivity contribution in [3.63, 3.8) is 0 Å². The number of para-hydroxylation sites is 1. The number of ether oxygens (including phenoxy) is 1. The maximum Gasteiger partial charge on any atom is 0.410 e. The molecule has 0 unspecified atom stereocenters. The second-order valence-corrected chi connectivity index (χ2v) is 9.28. The number of hydrogen-bond acceptors (Lipinski definition) is 5. The molecule has 1 fully saturated rings. The van der Waals surface area contributed by atoms with Crippen molar-refractivity contribution in [3.05, 3.63) is 48.8 Å². The molecule has 166 valence electrons. The fourth-order valence-electron chi connectivity index (χ4n) is 4.23. The minimum atomic E-state index is -0.506.